The summed E-state index contributed by atoms with van der Waals surface area (Å²) in [4.78, 5) is 23.6. The van der Waals surface area contributed by atoms with Gasteiger partial charge < -0.3 is 11.1 Å². The van der Waals surface area contributed by atoms with E-state index < -0.39 is 29.6 Å². The number of primary amides is 1. The molecular weight excluding hydrogens is 309 g/mol. The molecule has 2 amide bonds. The van der Waals surface area contributed by atoms with Crippen LogP contribution in [0.1, 0.15) is 27.5 Å². The Balaban J connectivity index is 2.18. The van der Waals surface area contributed by atoms with Gasteiger partial charge in [0, 0.05) is 5.56 Å². The van der Waals surface area contributed by atoms with E-state index in [0.717, 1.165) is 24.3 Å². The molecule has 0 fully saturated rings. The Kier molecular flexibility index (Phi) is 4.68. The molecule has 4 nitrogen and oxygen atoms in total. The van der Waals surface area contributed by atoms with Gasteiger partial charge in [0.1, 0.15) is 6.04 Å². The van der Waals surface area contributed by atoms with Crippen LogP contribution < -0.4 is 11.1 Å². The average Bonchev–Trinajstić information content (AvgIpc) is 2.52. The first-order valence-electron chi connectivity index (χ1n) is 6.61. The molecule has 1 unspecified atom stereocenters. The van der Waals surface area contributed by atoms with E-state index in [2.05, 4.69) is 5.32 Å². The lowest BCUT2D eigenvalue weighted by molar-refractivity contribution is -0.137. The summed E-state index contributed by atoms with van der Waals surface area (Å²) in [6.45, 7) is 0. The van der Waals surface area contributed by atoms with Crippen molar-refractivity contribution in [3.63, 3.8) is 0 Å². The van der Waals surface area contributed by atoms with Gasteiger partial charge in [-0.1, -0.05) is 30.3 Å². The van der Waals surface area contributed by atoms with Crippen molar-refractivity contribution in [1.29, 1.82) is 0 Å². The topological polar surface area (TPSA) is 72.2 Å². The van der Waals surface area contributed by atoms with Crippen molar-refractivity contribution in [2.75, 3.05) is 0 Å². The van der Waals surface area contributed by atoms with Gasteiger partial charge in [-0.25, -0.2) is 0 Å². The molecule has 2 aromatic carbocycles. The smallest absolute Gasteiger partial charge is 0.368 e. The van der Waals surface area contributed by atoms with Crippen molar-refractivity contribution < 1.29 is 22.8 Å². The molecule has 120 valence electrons. The van der Waals surface area contributed by atoms with Crippen LogP contribution in [0.3, 0.4) is 0 Å². The highest BCUT2D eigenvalue weighted by Gasteiger charge is 2.30. The van der Waals surface area contributed by atoms with Crippen molar-refractivity contribution in [3.8, 4) is 0 Å². The molecule has 7 heteroatoms. The van der Waals surface area contributed by atoms with Crippen LogP contribution >= 0.6 is 0 Å². The minimum absolute atomic E-state index is 0.000168. The Morgan fingerprint density at radius 1 is 0.957 bits per heavy atom. The molecule has 0 saturated heterocycles. The molecule has 0 aliphatic heterocycles. The van der Waals surface area contributed by atoms with Crippen LogP contribution in [0.15, 0.2) is 54.6 Å². The van der Waals surface area contributed by atoms with E-state index >= 15 is 0 Å². The second kappa shape index (κ2) is 6.51. The number of carbonyl (C=O) groups is 2. The van der Waals surface area contributed by atoms with Gasteiger partial charge in [0.15, 0.2) is 0 Å². The van der Waals surface area contributed by atoms with E-state index in [1.54, 1.807) is 30.3 Å². The lowest BCUT2D eigenvalue weighted by Gasteiger charge is -2.16. The number of alkyl halides is 3. The van der Waals surface area contributed by atoms with Crippen LogP contribution in [0.5, 0.6) is 0 Å². The van der Waals surface area contributed by atoms with Crippen LogP contribution in [0.4, 0.5) is 13.2 Å². The second-order valence-electron chi connectivity index (χ2n) is 4.79. The molecule has 1 atom stereocenters. The Hall–Kier alpha value is -2.83. The largest absolute Gasteiger partial charge is 0.416 e. The third-order valence-corrected chi connectivity index (χ3v) is 3.17. The fourth-order valence-corrected chi connectivity index (χ4v) is 1.99. The van der Waals surface area contributed by atoms with Gasteiger partial charge in [-0.3, -0.25) is 9.59 Å². The molecule has 0 radical (unpaired) electrons. The molecule has 0 aliphatic carbocycles. The highest BCUT2D eigenvalue weighted by atomic mass is 19.4. The molecular formula is C16H13F3N2O2. The summed E-state index contributed by atoms with van der Waals surface area (Å²) in [6, 6.07) is 10.9. The van der Waals surface area contributed by atoms with Crippen LogP contribution in [0.25, 0.3) is 0 Å². The summed E-state index contributed by atoms with van der Waals surface area (Å²) in [6.07, 6.45) is -4.48. The summed E-state index contributed by atoms with van der Waals surface area (Å²) < 4.78 is 37.5. The quantitative estimate of drug-likeness (QED) is 0.908. The number of halogens is 3. The van der Waals surface area contributed by atoms with Crippen molar-refractivity contribution >= 4 is 11.8 Å². The standard InChI is InChI=1S/C16H13F3N2O2/c17-16(18,19)12-8-6-11(7-9-12)15(23)21-13(14(20)22)10-4-2-1-3-5-10/h1-9,13H,(H2,20,22)(H,21,23). The number of nitrogens with two attached hydrogens (primary N) is 1. The number of nitrogens with one attached hydrogen (secondary N) is 1. The monoisotopic (exact) mass is 322 g/mol. The highest BCUT2D eigenvalue weighted by molar-refractivity contribution is 5.97. The average molecular weight is 322 g/mol. The Labute approximate surface area is 130 Å². The molecule has 0 bridgehead atoms. The van der Waals surface area contributed by atoms with Crippen molar-refractivity contribution in [1.82, 2.24) is 5.32 Å². The number of rotatable bonds is 4. The van der Waals surface area contributed by atoms with Crippen molar-refractivity contribution in [2.45, 2.75) is 12.2 Å². The van der Waals surface area contributed by atoms with E-state index in [-0.39, 0.29) is 5.56 Å². The lowest BCUT2D eigenvalue weighted by atomic mass is 10.1. The molecule has 23 heavy (non-hydrogen) atoms. The minimum atomic E-state index is -4.48. The predicted octanol–water partition coefficient (Wildman–Crippen LogP) is 2.66. The first-order valence-corrected chi connectivity index (χ1v) is 6.61. The van der Waals surface area contributed by atoms with Crippen molar-refractivity contribution in [2.24, 2.45) is 5.73 Å². The Morgan fingerprint density at radius 3 is 2.00 bits per heavy atom. The van der Waals surface area contributed by atoms with Crippen LogP contribution in [0.2, 0.25) is 0 Å². The summed E-state index contributed by atoms with van der Waals surface area (Å²) >= 11 is 0. The van der Waals surface area contributed by atoms with E-state index in [1.807, 2.05) is 0 Å². The molecule has 0 saturated carbocycles. The maximum atomic E-state index is 12.5. The molecule has 2 aromatic rings. The SMILES string of the molecule is NC(=O)C(NC(=O)c1ccc(C(F)(F)F)cc1)c1ccccc1. The zero-order valence-electron chi connectivity index (χ0n) is 11.8. The third-order valence-electron chi connectivity index (χ3n) is 3.17. The minimum Gasteiger partial charge on any atom is -0.368 e. The maximum Gasteiger partial charge on any atom is 0.416 e. The van der Waals surface area contributed by atoms with Gasteiger partial charge in [-0.15, -0.1) is 0 Å². The van der Waals surface area contributed by atoms with Gasteiger partial charge in [0.25, 0.3) is 5.91 Å². The van der Waals surface area contributed by atoms with Crippen LogP contribution in [-0.2, 0) is 11.0 Å². The van der Waals surface area contributed by atoms with Gasteiger partial charge in [0.05, 0.1) is 5.56 Å². The highest BCUT2D eigenvalue weighted by Crippen LogP contribution is 2.29. The second-order valence-corrected chi connectivity index (χ2v) is 4.79. The molecule has 0 heterocycles. The van der Waals surface area contributed by atoms with E-state index in [4.69, 9.17) is 5.73 Å². The number of carbonyl (C=O) groups excluding carboxylic acids is 2. The fraction of sp³-hybridized carbons (Fsp3) is 0.125. The number of hydrogen-bond donors (Lipinski definition) is 2. The summed E-state index contributed by atoms with van der Waals surface area (Å²) in [5.74, 6) is -1.46. The third kappa shape index (κ3) is 4.09. The number of amides is 2. The molecule has 0 spiro atoms. The lowest BCUT2D eigenvalue weighted by Crippen LogP contribution is -2.37. The summed E-state index contributed by atoms with van der Waals surface area (Å²) in [5.41, 5.74) is 4.90. The molecule has 2 rings (SSSR count). The first kappa shape index (κ1) is 16.5. The van der Waals surface area contributed by atoms with Gasteiger partial charge in [-0.05, 0) is 29.8 Å². The van der Waals surface area contributed by atoms with Crippen molar-refractivity contribution in [3.05, 3.63) is 71.3 Å². The van der Waals surface area contributed by atoms with Gasteiger partial charge >= 0.3 is 6.18 Å². The zero-order chi connectivity index (χ0) is 17.0. The van der Waals surface area contributed by atoms with E-state index in [1.165, 1.54) is 0 Å². The van der Waals surface area contributed by atoms with Gasteiger partial charge in [0.2, 0.25) is 5.91 Å². The van der Waals surface area contributed by atoms with E-state index in [9.17, 15) is 22.8 Å². The van der Waals surface area contributed by atoms with Crippen LogP contribution in [0, 0.1) is 0 Å². The predicted molar refractivity (Wildman–Crippen MR) is 77.3 cm³/mol. The van der Waals surface area contributed by atoms with Gasteiger partial charge in [-0.2, -0.15) is 13.2 Å². The first-order chi connectivity index (χ1) is 10.8. The Morgan fingerprint density at radius 2 is 1.52 bits per heavy atom. The molecule has 3 N–H and O–H groups in total. The normalized spacial score (nSPS) is 12.5. The zero-order valence-corrected chi connectivity index (χ0v) is 11.8. The summed E-state index contributed by atoms with van der Waals surface area (Å²) in [7, 11) is 0. The maximum absolute atomic E-state index is 12.5. The van der Waals surface area contributed by atoms with E-state index in [0.29, 0.717) is 5.56 Å². The fourth-order valence-electron chi connectivity index (χ4n) is 1.99. The number of hydrogen-bond acceptors (Lipinski definition) is 2. The number of benzene rings is 2. The van der Waals surface area contributed by atoms with Crippen LogP contribution in [-0.4, -0.2) is 11.8 Å². The summed E-state index contributed by atoms with van der Waals surface area (Å²) in [5, 5.41) is 2.41. The molecule has 0 aromatic heterocycles. The molecule has 0 aliphatic rings. The Bertz CT molecular complexity index is 698.